The van der Waals surface area contributed by atoms with E-state index in [0.29, 0.717) is 11.4 Å². The predicted molar refractivity (Wildman–Crippen MR) is 109 cm³/mol. The number of nitrogens with zero attached hydrogens (tertiary/aromatic N) is 1. The zero-order chi connectivity index (χ0) is 20.1. The first kappa shape index (κ1) is 19.9. The molecule has 144 valence electrons. The largest absolute Gasteiger partial charge is 0.346 e. The van der Waals surface area contributed by atoms with E-state index >= 15 is 0 Å². The summed E-state index contributed by atoms with van der Waals surface area (Å²) >= 11 is 6.11. The van der Waals surface area contributed by atoms with Gasteiger partial charge in [0, 0.05) is 11.9 Å². The van der Waals surface area contributed by atoms with Gasteiger partial charge in [-0.3, -0.25) is 14.5 Å². The van der Waals surface area contributed by atoms with Crippen LogP contribution in [0.1, 0.15) is 21.6 Å². The zero-order valence-corrected chi connectivity index (χ0v) is 16.6. The molecule has 1 amide bonds. The second-order valence-corrected chi connectivity index (χ2v) is 8.21. The minimum absolute atomic E-state index is 0.0543. The van der Waals surface area contributed by atoms with E-state index in [4.69, 9.17) is 11.6 Å². The minimum atomic E-state index is -3.87. The Hall–Kier alpha value is -2.90. The average Bonchev–Trinajstić information content (AvgIpc) is 2.67. The quantitative estimate of drug-likeness (QED) is 0.641. The molecule has 0 unspecified atom stereocenters. The van der Waals surface area contributed by atoms with Gasteiger partial charge >= 0.3 is 0 Å². The highest BCUT2D eigenvalue weighted by molar-refractivity contribution is 7.92. The monoisotopic (exact) mass is 415 g/mol. The molecule has 0 aliphatic carbocycles. The molecule has 2 N–H and O–H groups in total. The summed E-state index contributed by atoms with van der Waals surface area (Å²) in [6.45, 7) is 2.07. The molecule has 1 aromatic heterocycles. The molecule has 0 aliphatic rings. The lowest BCUT2D eigenvalue weighted by Crippen LogP contribution is -2.24. The first-order valence-corrected chi connectivity index (χ1v) is 10.3. The van der Waals surface area contributed by atoms with Gasteiger partial charge in [0.05, 0.1) is 27.7 Å². The SMILES string of the molecule is Cc1cccc(NS(=O)(=O)c2ccc(Cl)c(C(=O)NCc3ccccn3)c2)c1. The van der Waals surface area contributed by atoms with Crippen LogP contribution in [-0.4, -0.2) is 19.3 Å². The molecule has 2 aromatic carbocycles. The Bertz CT molecular complexity index is 1100. The molecule has 0 saturated heterocycles. The Balaban J connectivity index is 1.81. The van der Waals surface area contributed by atoms with Gasteiger partial charge in [-0.1, -0.05) is 29.8 Å². The maximum atomic E-state index is 12.7. The van der Waals surface area contributed by atoms with Crippen molar-refractivity contribution in [3.63, 3.8) is 0 Å². The van der Waals surface area contributed by atoms with Crippen LogP contribution in [0.15, 0.2) is 71.8 Å². The molecule has 0 spiro atoms. The van der Waals surface area contributed by atoms with Gasteiger partial charge in [0.2, 0.25) is 0 Å². The van der Waals surface area contributed by atoms with Crippen LogP contribution < -0.4 is 10.0 Å². The fourth-order valence-electron chi connectivity index (χ4n) is 2.54. The molecule has 0 saturated carbocycles. The van der Waals surface area contributed by atoms with Crippen LogP contribution in [0.5, 0.6) is 0 Å². The maximum absolute atomic E-state index is 12.7. The number of nitrogens with one attached hydrogen (secondary N) is 2. The zero-order valence-electron chi connectivity index (χ0n) is 15.0. The third-order valence-electron chi connectivity index (χ3n) is 3.92. The molecule has 1 heterocycles. The summed E-state index contributed by atoms with van der Waals surface area (Å²) in [5, 5.41) is 2.85. The predicted octanol–water partition coefficient (Wildman–Crippen LogP) is 3.77. The van der Waals surface area contributed by atoms with Crippen molar-refractivity contribution in [2.24, 2.45) is 0 Å². The smallest absolute Gasteiger partial charge is 0.261 e. The summed E-state index contributed by atoms with van der Waals surface area (Å²) in [4.78, 5) is 16.6. The summed E-state index contributed by atoms with van der Waals surface area (Å²) in [5.74, 6) is -0.483. The van der Waals surface area contributed by atoms with Crippen molar-refractivity contribution < 1.29 is 13.2 Å². The number of hydrogen-bond donors (Lipinski definition) is 2. The van der Waals surface area contributed by atoms with E-state index in [-0.39, 0.29) is 22.0 Å². The Morgan fingerprint density at radius 1 is 1.07 bits per heavy atom. The minimum Gasteiger partial charge on any atom is -0.346 e. The highest BCUT2D eigenvalue weighted by Gasteiger charge is 2.19. The third kappa shape index (κ3) is 4.88. The number of aryl methyl sites for hydroxylation is 1. The molecule has 3 rings (SSSR count). The van der Waals surface area contributed by atoms with Gasteiger partial charge in [-0.25, -0.2) is 8.42 Å². The summed E-state index contributed by atoms with van der Waals surface area (Å²) in [6, 6.07) is 16.4. The second-order valence-electron chi connectivity index (χ2n) is 6.12. The summed E-state index contributed by atoms with van der Waals surface area (Å²) in [7, 11) is -3.87. The van der Waals surface area contributed by atoms with Crippen LogP contribution in [0.25, 0.3) is 0 Å². The highest BCUT2D eigenvalue weighted by Crippen LogP contribution is 2.23. The number of pyridine rings is 1. The van der Waals surface area contributed by atoms with Crippen LogP contribution in [0.2, 0.25) is 5.02 Å². The van der Waals surface area contributed by atoms with Crippen LogP contribution in [0.4, 0.5) is 5.69 Å². The molecule has 0 radical (unpaired) electrons. The summed E-state index contributed by atoms with van der Waals surface area (Å²) in [5.41, 5.74) is 2.11. The van der Waals surface area contributed by atoms with Gasteiger partial charge in [-0.05, 0) is 55.0 Å². The number of carbonyl (C=O) groups is 1. The van der Waals surface area contributed by atoms with Gasteiger partial charge in [0.15, 0.2) is 0 Å². The molecule has 8 heteroatoms. The van der Waals surface area contributed by atoms with Crippen LogP contribution in [-0.2, 0) is 16.6 Å². The molecule has 3 aromatic rings. The number of aromatic nitrogens is 1. The van der Waals surface area contributed by atoms with Crippen molar-refractivity contribution >= 4 is 33.2 Å². The normalized spacial score (nSPS) is 11.1. The number of carbonyl (C=O) groups excluding carboxylic acids is 1. The van der Waals surface area contributed by atoms with E-state index in [1.54, 1.807) is 36.5 Å². The summed E-state index contributed by atoms with van der Waals surface area (Å²) < 4.78 is 27.9. The van der Waals surface area contributed by atoms with Crippen molar-refractivity contribution in [1.29, 1.82) is 0 Å². The van der Waals surface area contributed by atoms with E-state index in [1.165, 1.54) is 18.2 Å². The lowest BCUT2D eigenvalue weighted by molar-refractivity contribution is 0.0950. The number of sulfonamides is 1. The first-order chi connectivity index (χ1) is 13.3. The third-order valence-corrected chi connectivity index (χ3v) is 5.63. The van der Waals surface area contributed by atoms with Crippen molar-refractivity contribution in [1.82, 2.24) is 10.3 Å². The lowest BCUT2D eigenvalue weighted by Gasteiger charge is -2.11. The van der Waals surface area contributed by atoms with E-state index in [2.05, 4.69) is 15.0 Å². The Kier molecular flexibility index (Phi) is 5.96. The van der Waals surface area contributed by atoms with Crippen LogP contribution >= 0.6 is 11.6 Å². The molecule has 28 heavy (non-hydrogen) atoms. The fraction of sp³-hybridized carbons (Fsp3) is 0.100. The number of halogens is 1. The Morgan fingerprint density at radius 2 is 1.89 bits per heavy atom. The van der Waals surface area contributed by atoms with Crippen molar-refractivity contribution in [3.8, 4) is 0 Å². The number of amides is 1. The number of anilines is 1. The molecule has 0 aliphatic heterocycles. The number of rotatable bonds is 6. The van der Waals surface area contributed by atoms with E-state index in [1.807, 2.05) is 19.1 Å². The van der Waals surface area contributed by atoms with Crippen LogP contribution in [0.3, 0.4) is 0 Å². The fourth-order valence-corrected chi connectivity index (χ4v) is 3.82. The van der Waals surface area contributed by atoms with Gasteiger partial charge in [0.25, 0.3) is 15.9 Å². The molecule has 6 nitrogen and oxygen atoms in total. The highest BCUT2D eigenvalue weighted by atomic mass is 35.5. The average molecular weight is 416 g/mol. The lowest BCUT2D eigenvalue weighted by atomic mass is 10.2. The standard InChI is InChI=1S/C20H18ClN3O3S/c1-14-5-4-7-15(11-14)24-28(26,27)17-8-9-19(21)18(12-17)20(25)23-13-16-6-2-3-10-22-16/h2-12,24H,13H2,1H3,(H,23,25). The number of hydrogen-bond acceptors (Lipinski definition) is 4. The molecular weight excluding hydrogens is 398 g/mol. The first-order valence-electron chi connectivity index (χ1n) is 8.42. The molecule has 0 fully saturated rings. The summed E-state index contributed by atoms with van der Waals surface area (Å²) in [6.07, 6.45) is 1.62. The molecule has 0 atom stereocenters. The van der Waals surface area contributed by atoms with E-state index in [9.17, 15) is 13.2 Å². The molecule has 0 bridgehead atoms. The van der Waals surface area contributed by atoms with Crippen molar-refractivity contribution in [2.75, 3.05) is 4.72 Å². The molecular formula is C20H18ClN3O3S. The van der Waals surface area contributed by atoms with E-state index < -0.39 is 15.9 Å². The topological polar surface area (TPSA) is 88.2 Å². The Morgan fingerprint density at radius 3 is 2.61 bits per heavy atom. The Labute approximate surface area is 168 Å². The second kappa shape index (κ2) is 8.41. The van der Waals surface area contributed by atoms with Crippen LogP contribution in [0, 0.1) is 6.92 Å². The van der Waals surface area contributed by atoms with Crippen molar-refractivity contribution in [3.05, 3.63) is 88.7 Å². The van der Waals surface area contributed by atoms with Gasteiger partial charge < -0.3 is 5.32 Å². The van der Waals surface area contributed by atoms with Gasteiger partial charge in [-0.15, -0.1) is 0 Å². The van der Waals surface area contributed by atoms with Crippen molar-refractivity contribution in [2.45, 2.75) is 18.4 Å². The van der Waals surface area contributed by atoms with Gasteiger partial charge in [0.1, 0.15) is 0 Å². The number of benzene rings is 2. The van der Waals surface area contributed by atoms with E-state index in [0.717, 1.165) is 5.56 Å². The maximum Gasteiger partial charge on any atom is 0.261 e. The van der Waals surface area contributed by atoms with Gasteiger partial charge in [-0.2, -0.15) is 0 Å².